The molecule has 0 unspecified atom stereocenters. The Morgan fingerprint density at radius 3 is 2.62 bits per heavy atom. The number of Topliss-reactive ketones (excluding diaryl/α,β-unsaturated/α-hetero) is 1. The van der Waals surface area contributed by atoms with Crippen molar-refractivity contribution in [1.29, 1.82) is 0 Å². The van der Waals surface area contributed by atoms with E-state index in [2.05, 4.69) is 9.71 Å². The maximum absolute atomic E-state index is 13.5. The summed E-state index contributed by atoms with van der Waals surface area (Å²) in [4.78, 5) is 29.7. The van der Waals surface area contributed by atoms with E-state index in [1.54, 1.807) is 12.4 Å². The molecule has 208 valence electrons. The Morgan fingerprint density at radius 2 is 1.90 bits per heavy atom. The zero-order valence-corrected chi connectivity index (χ0v) is 22.9. The predicted molar refractivity (Wildman–Crippen MR) is 148 cm³/mol. The summed E-state index contributed by atoms with van der Waals surface area (Å²) in [7, 11) is -2.51. The number of hydrogen-bond donors (Lipinski definition) is 1. The molecule has 4 aromatic rings. The van der Waals surface area contributed by atoms with Gasteiger partial charge in [-0.25, -0.2) is 17.5 Å². The second-order valence-corrected chi connectivity index (χ2v) is 11.6. The summed E-state index contributed by atoms with van der Waals surface area (Å²) in [6, 6.07) is 13.7. The molecular weight excluding hydrogens is 533 g/mol. The summed E-state index contributed by atoms with van der Waals surface area (Å²) in [6.45, 7) is 0.345. The number of aryl methyl sites for hydroxylation is 2. The van der Waals surface area contributed by atoms with Gasteiger partial charge >= 0.3 is 5.97 Å². The molecule has 2 aromatic heterocycles. The van der Waals surface area contributed by atoms with Gasteiger partial charge in [-0.2, -0.15) is 0 Å². The lowest BCUT2D eigenvalue weighted by atomic mass is 9.91. The molecule has 2 aromatic carbocycles. The van der Waals surface area contributed by atoms with Gasteiger partial charge in [0.25, 0.3) is 0 Å². The molecule has 0 bridgehead atoms. The summed E-state index contributed by atoms with van der Waals surface area (Å²) >= 11 is 0. The third kappa shape index (κ3) is 5.83. The van der Waals surface area contributed by atoms with Crippen LogP contribution in [0.25, 0.3) is 10.9 Å². The number of benzene rings is 2. The first kappa shape index (κ1) is 27.7. The van der Waals surface area contributed by atoms with Crippen molar-refractivity contribution in [3.63, 3.8) is 0 Å². The van der Waals surface area contributed by atoms with Crippen LogP contribution in [-0.4, -0.2) is 42.9 Å². The summed E-state index contributed by atoms with van der Waals surface area (Å²) in [6.07, 6.45) is 5.96. The average molecular weight is 564 g/mol. The number of ether oxygens (including phenoxy) is 1. The van der Waals surface area contributed by atoms with Gasteiger partial charge in [-0.15, -0.1) is 0 Å². The lowest BCUT2D eigenvalue weighted by molar-refractivity contribution is -0.140. The van der Waals surface area contributed by atoms with Crippen molar-refractivity contribution in [2.24, 2.45) is 0 Å². The van der Waals surface area contributed by atoms with E-state index < -0.39 is 15.8 Å². The van der Waals surface area contributed by atoms with Gasteiger partial charge in [-0.3, -0.25) is 14.6 Å². The Hall–Kier alpha value is -3.89. The highest BCUT2D eigenvalue weighted by molar-refractivity contribution is 7.89. The van der Waals surface area contributed by atoms with Crippen molar-refractivity contribution in [3.8, 4) is 0 Å². The second kappa shape index (κ2) is 11.7. The quantitative estimate of drug-likeness (QED) is 0.227. The van der Waals surface area contributed by atoms with Gasteiger partial charge in [0.1, 0.15) is 5.82 Å². The molecule has 0 saturated heterocycles. The number of esters is 1. The van der Waals surface area contributed by atoms with Gasteiger partial charge in [0, 0.05) is 48.0 Å². The summed E-state index contributed by atoms with van der Waals surface area (Å²) in [5.41, 5.74) is 4.25. The van der Waals surface area contributed by atoms with Gasteiger partial charge < -0.3 is 9.30 Å². The van der Waals surface area contributed by atoms with Crippen LogP contribution >= 0.6 is 0 Å². The Morgan fingerprint density at radius 1 is 1.10 bits per heavy atom. The lowest BCUT2D eigenvalue weighted by Gasteiger charge is -2.25. The molecule has 8 nitrogen and oxygen atoms in total. The number of hydrogen-bond acceptors (Lipinski definition) is 6. The summed E-state index contributed by atoms with van der Waals surface area (Å²) in [5.74, 6) is -0.874. The highest BCUT2D eigenvalue weighted by Gasteiger charge is 2.30. The average Bonchev–Trinajstić information content (AvgIpc) is 3.28. The molecular formula is C30H30FN3O5S. The number of para-hydroxylation sites is 1. The van der Waals surface area contributed by atoms with E-state index in [9.17, 15) is 22.4 Å². The van der Waals surface area contributed by atoms with Crippen molar-refractivity contribution in [2.45, 2.75) is 56.0 Å². The molecule has 0 radical (unpaired) electrons. The molecule has 0 saturated carbocycles. The van der Waals surface area contributed by atoms with Crippen LogP contribution in [0, 0.1) is 5.82 Å². The molecule has 1 aliphatic carbocycles. The summed E-state index contributed by atoms with van der Waals surface area (Å²) < 4.78 is 49.0. The Balaban J connectivity index is 1.47. The third-order valence-electron chi connectivity index (χ3n) is 7.36. The Bertz CT molecular complexity index is 1650. The fraction of sp³-hybridized carbons (Fsp3) is 0.300. The van der Waals surface area contributed by atoms with Crippen LogP contribution in [0.3, 0.4) is 0 Å². The fourth-order valence-corrected chi connectivity index (χ4v) is 6.69. The number of carbonyl (C=O) groups is 2. The molecule has 5 rings (SSSR count). The number of fused-ring (bicyclic) bond motifs is 3. The van der Waals surface area contributed by atoms with Crippen LogP contribution in [0.15, 0.2) is 71.9 Å². The first-order valence-electron chi connectivity index (χ1n) is 13.2. The lowest BCUT2D eigenvalue weighted by Crippen LogP contribution is -2.39. The summed E-state index contributed by atoms with van der Waals surface area (Å²) in [5, 5.41) is 0.873. The van der Waals surface area contributed by atoms with E-state index in [0.29, 0.717) is 44.2 Å². The minimum Gasteiger partial charge on any atom is -0.469 e. The molecule has 10 heteroatoms. The van der Waals surface area contributed by atoms with E-state index in [0.717, 1.165) is 39.9 Å². The fourth-order valence-electron chi connectivity index (χ4n) is 5.42. The van der Waals surface area contributed by atoms with E-state index >= 15 is 0 Å². The minimum atomic E-state index is -3.85. The first-order chi connectivity index (χ1) is 19.3. The van der Waals surface area contributed by atoms with Gasteiger partial charge in [0.15, 0.2) is 5.78 Å². The monoisotopic (exact) mass is 563 g/mol. The molecule has 1 atom stereocenters. The van der Waals surface area contributed by atoms with Gasteiger partial charge in [0.2, 0.25) is 10.0 Å². The number of halogens is 1. The predicted octanol–water partition coefficient (Wildman–Crippen LogP) is 4.39. The molecule has 0 aliphatic heterocycles. The first-order valence-corrected chi connectivity index (χ1v) is 14.6. The van der Waals surface area contributed by atoms with E-state index in [4.69, 9.17) is 4.74 Å². The van der Waals surface area contributed by atoms with Crippen molar-refractivity contribution >= 4 is 32.7 Å². The van der Waals surface area contributed by atoms with Gasteiger partial charge in [0.05, 0.1) is 23.9 Å². The van der Waals surface area contributed by atoms with Crippen LogP contribution in [0.2, 0.25) is 0 Å². The van der Waals surface area contributed by atoms with Crippen LogP contribution < -0.4 is 4.72 Å². The maximum Gasteiger partial charge on any atom is 0.307 e. The number of nitrogens with one attached hydrogen (secondary N) is 1. The van der Waals surface area contributed by atoms with Crippen molar-refractivity contribution < 1.29 is 27.1 Å². The smallest absolute Gasteiger partial charge is 0.307 e. The van der Waals surface area contributed by atoms with Crippen LogP contribution in [0.5, 0.6) is 0 Å². The number of sulfonamides is 1. The molecule has 2 heterocycles. The molecule has 0 amide bonds. The highest BCUT2D eigenvalue weighted by atomic mass is 32.2. The van der Waals surface area contributed by atoms with Crippen molar-refractivity contribution in [1.82, 2.24) is 14.3 Å². The standard InChI is InChI=1S/C30H30FN3O5S/c1-39-29(36)15-17-34-27-13-10-22(33-40(37,38)23-11-8-21(31)9-12-23)18-26(27)24-5-2-6-25(30(24)34)28(35)14-7-20-4-3-16-32-19-20/h2-6,8-9,11-12,16,19,22,33H,7,10,13-15,17-18H2,1H3/t22-/m1/s1. The van der Waals surface area contributed by atoms with Crippen LogP contribution in [-0.2, 0) is 45.4 Å². The zero-order chi connectivity index (χ0) is 28.3. The topological polar surface area (TPSA) is 107 Å². The van der Waals surface area contributed by atoms with Crippen molar-refractivity contribution in [2.75, 3.05) is 7.11 Å². The Kier molecular flexibility index (Phi) is 8.09. The maximum atomic E-state index is 13.5. The molecule has 40 heavy (non-hydrogen) atoms. The van der Waals surface area contributed by atoms with E-state index in [1.807, 2.05) is 34.9 Å². The highest BCUT2D eigenvalue weighted by Crippen LogP contribution is 2.35. The van der Waals surface area contributed by atoms with Gasteiger partial charge in [-0.1, -0.05) is 18.2 Å². The minimum absolute atomic E-state index is 0.00158. The number of pyridine rings is 1. The van der Waals surface area contributed by atoms with Gasteiger partial charge in [-0.05, 0) is 73.2 Å². The van der Waals surface area contributed by atoms with Crippen LogP contribution in [0.1, 0.15) is 46.4 Å². The van der Waals surface area contributed by atoms with E-state index in [-0.39, 0.29) is 29.1 Å². The number of carbonyl (C=O) groups excluding carboxylic acids is 2. The largest absolute Gasteiger partial charge is 0.469 e. The number of methoxy groups -OCH3 is 1. The normalized spacial score (nSPS) is 15.1. The van der Waals surface area contributed by atoms with E-state index in [1.165, 1.54) is 19.2 Å². The number of rotatable bonds is 10. The zero-order valence-electron chi connectivity index (χ0n) is 22.1. The molecule has 0 spiro atoms. The van der Waals surface area contributed by atoms with Crippen molar-refractivity contribution in [3.05, 3.63) is 95.2 Å². The SMILES string of the molecule is COC(=O)CCn1c2c(c3cccc(C(=O)CCc4cccnc4)c31)C[C@H](NS(=O)(=O)c1ccc(F)cc1)CC2. The number of nitrogens with zero attached hydrogens (tertiary/aromatic N) is 2. The number of aromatic nitrogens is 2. The molecule has 0 fully saturated rings. The number of ketones is 1. The molecule has 1 aliphatic rings. The third-order valence-corrected chi connectivity index (χ3v) is 8.90. The molecule has 1 N–H and O–H groups in total. The Labute approximate surface area is 232 Å². The van der Waals surface area contributed by atoms with Crippen LogP contribution in [0.4, 0.5) is 4.39 Å². The second-order valence-electron chi connectivity index (χ2n) is 9.90.